The summed E-state index contributed by atoms with van der Waals surface area (Å²) in [6.45, 7) is 7.29. The molecular formula is C18H25NO. The standard InChI is InChI=1S/C18H25NO/c1-18(2)15-4-3-9-19(11-12-5-6-12)17(15)14-8-7-13(20)10-16(14)18/h7-8,10,12,15,17,20H,3-6,9,11H2,1-2H3/t15-,17+/m1/s1. The summed E-state index contributed by atoms with van der Waals surface area (Å²) in [5.74, 6) is 2.09. The second kappa shape index (κ2) is 4.24. The minimum Gasteiger partial charge on any atom is -0.508 e. The highest BCUT2D eigenvalue weighted by Crippen LogP contribution is 2.56. The zero-order chi connectivity index (χ0) is 13.9. The quantitative estimate of drug-likeness (QED) is 0.883. The Kier molecular flexibility index (Phi) is 2.69. The van der Waals surface area contributed by atoms with E-state index in [1.807, 2.05) is 12.1 Å². The molecule has 0 bridgehead atoms. The lowest BCUT2D eigenvalue weighted by Crippen LogP contribution is -2.41. The van der Waals surface area contributed by atoms with Crippen LogP contribution in [-0.4, -0.2) is 23.1 Å². The molecule has 1 aliphatic heterocycles. The average molecular weight is 271 g/mol. The molecular weight excluding hydrogens is 246 g/mol. The zero-order valence-corrected chi connectivity index (χ0v) is 12.6. The summed E-state index contributed by atoms with van der Waals surface area (Å²) in [4.78, 5) is 2.75. The molecule has 0 aromatic heterocycles. The average Bonchev–Trinajstić information content (AvgIpc) is 3.19. The number of hydrogen-bond acceptors (Lipinski definition) is 2. The lowest BCUT2D eigenvalue weighted by Gasteiger charge is -2.42. The van der Waals surface area contributed by atoms with Crippen LogP contribution < -0.4 is 0 Å². The van der Waals surface area contributed by atoms with Gasteiger partial charge in [-0.25, -0.2) is 0 Å². The molecule has 1 aromatic carbocycles. The molecule has 2 nitrogen and oxygen atoms in total. The first-order chi connectivity index (χ1) is 9.57. The van der Waals surface area contributed by atoms with Gasteiger partial charge in [0, 0.05) is 12.6 Å². The maximum absolute atomic E-state index is 9.87. The van der Waals surface area contributed by atoms with Gasteiger partial charge in [0.15, 0.2) is 0 Å². The number of aromatic hydroxyl groups is 1. The summed E-state index contributed by atoms with van der Waals surface area (Å²) in [5, 5.41) is 9.87. The predicted molar refractivity (Wildman–Crippen MR) is 80.9 cm³/mol. The van der Waals surface area contributed by atoms with Gasteiger partial charge < -0.3 is 5.11 Å². The molecule has 0 unspecified atom stereocenters. The second-order valence-electron chi connectivity index (χ2n) is 7.63. The number of likely N-dealkylation sites (tertiary alicyclic amines) is 1. The van der Waals surface area contributed by atoms with E-state index in [0.29, 0.717) is 17.7 Å². The lowest BCUT2D eigenvalue weighted by atomic mass is 9.73. The Morgan fingerprint density at radius 2 is 2.05 bits per heavy atom. The van der Waals surface area contributed by atoms with Crippen LogP contribution in [0, 0.1) is 11.8 Å². The number of nitrogens with zero attached hydrogens (tertiary/aromatic N) is 1. The van der Waals surface area contributed by atoms with Gasteiger partial charge in [-0.05, 0) is 72.7 Å². The summed E-state index contributed by atoms with van der Waals surface area (Å²) >= 11 is 0. The molecule has 0 radical (unpaired) electrons. The molecule has 1 heterocycles. The first-order valence-corrected chi connectivity index (χ1v) is 8.15. The van der Waals surface area contributed by atoms with E-state index in [9.17, 15) is 5.11 Å². The minimum absolute atomic E-state index is 0.195. The van der Waals surface area contributed by atoms with Crippen LogP contribution in [0.3, 0.4) is 0 Å². The van der Waals surface area contributed by atoms with E-state index < -0.39 is 0 Å². The summed E-state index contributed by atoms with van der Waals surface area (Å²) in [7, 11) is 0. The fraction of sp³-hybridized carbons (Fsp3) is 0.667. The Bertz CT molecular complexity index is 532. The molecule has 1 saturated carbocycles. The van der Waals surface area contributed by atoms with Gasteiger partial charge in [-0.2, -0.15) is 0 Å². The van der Waals surface area contributed by atoms with Gasteiger partial charge >= 0.3 is 0 Å². The van der Waals surface area contributed by atoms with Crippen LogP contribution in [0.4, 0.5) is 0 Å². The van der Waals surface area contributed by atoms with Crippen molar-refractivity contribution in [3.63, 3.8) is 0 Å². The third-order valence-corrected chi connectivity index (χ3v) is 5.90. The van der Waals surface area contributed by atoms with E-state index >= 15 is 0 Å². The first-order valence-electron chi connectivity index (χ1n) is 8.15. The van der Waals surface area contributed by atoms with Crippen molar-refractivity contribution in [1.82, 2.24) is 4.90 Å². The second-order valence-corrected chi connectivity index (χ2v) is 7.63. The Labute approximate surface area is 121 Å². The molecule has 0 spiro atoms. The fourth-order valence-electron chi connectivity index (χ4n) is 4.63. The van der Waals surface area contributed by atoms with Gasteiger partial charge in [-0.3, -0.25) is 4.90 Å². The van der Waals surface area contributed by atoms with Crippen molar-refractivity contribution < 1.29 is 5.11 Å². The van der Waals surface area contributed by atoms with E-state index in [1.165, 1.54) is 49.9 Å². The van der Waals surface area contributed by atoms with Gasteiger partial charge in [-0.1, -0.05) is 19.9 Å². The Hall–Kier alpha value is -1.02. The van der Waals surface area contributed by atoms with E-state index in [4.69, 9.17) is 0 Å². The Morgan fingerprint density at radius 1 is 1.25 bits per heavy atom. The first kappa shape index (κ1) is 12.7. The van der Waals surface area contributed by atoms with E-state index in [-0.39, 0.29) is 5.41 Å². The molecule has 2 fully saturated rings. The van der Waals surface area contributed by atoms with Gasteiger partial charge in [0.25, 0.3) is 0 Å². The van der Waals surface area contributed by atoms with Crippen LogP contribution in [0.5, 0.6) is 5.75 Å². The van der Waals surface area contributed by atoms with Crippen molar-refractivity contribution in [1.29, 1.82) is 0 Å². The molecule has 3 aliphatic rings. The molecule has 1 aromatic rings. The number of benzene rings is 1. The van der Waals surface area contributed by atoms with Crippen LogP contribution in [-0.2, 0) is 5.41 Å². The summed E-state index contributed by atoms with van der Waals surface area (Å²) in [6, 6.07) is 6.67. The van der Waals surface area contributed by atoms with Crippen molar-refractivity contribution >= 4 is 0 Å². The maximum Gasteiger partial charge on any atom is 0.115 e. The van der Waals surface area contributed by atoms with E-state index in [2.05, 4.69) is 24.8 Å². The highest BCUT2D eigenvalue weighted by Gasteiger charge is 2.50. The largest absolute Gasteiger partial charge is 0.508 e. The predicted octanol–water partition coefficient (Wildman–Crippen LogP) is 3.85. The minimum atomic E-state index is 0.195. The van der Waals surface area contributed by atoms with Gasteiger partial charge in [0.05, 0.1) is 0 Å². The van der Waals surface area contributed by atoms with Crippen LogP contribution in [0.1, 0.15) is 56.7 Å². The molecule has 2 heteroatoms. The number of phenols is 1. The highest BCUT2D eigenvalue weighted by molar-refractivity contribution is 5.47. The maximum atomic E-state index is 9.87. The molecule has 108 valence electrons. The van der Waals surface area contributed by atoms with Crippen molar-refractivity contribution in [2.75, 3.05) is 13.1 Å². The number of phenolic OH excluding ortho intramolecular Hbond substituents is 1. The third-order valence-electron chi connectivity index (χ3n) is 5.90. The number of fused-ring (bicyclic) bond motifs is 3. The fourth-order valence-corrected chi connectivity index (χ4v) is 4.63. The van der Waals surface area contributed by atoms with E-state index in [1.54, 1.807) is 0 Å². The zero-order valence-electron chi connectivity index (χ0n) is 12.6. The molecule has 4 rings (SSSR count). The normalized spacial score (nSPS) is 31.9. The molecule has 2 atom stereocenters. The van der Waals surface area contributed by atoms with Gasteiger partial charge in [0.1, 0.15) is 5.75 Å². The molecule has 20 heavy (non-hydrogen) atoms. The topological polar surface area (TPSA) is 23.5 Å². The molecule has 1 saturated heterocycles. The van der Waals surface area contributed by atoms with Crippen molar-refractivity contribution in [2.24, 2.45) is 11.8 Å². The molecule has 2 aliphatic carbocycles. The monoisotopic (exact) mass is 271 g/mol. The smallest absolute Gasteiger partial charge is 0.115 e. The van der Waals surface area contributed by atoms with Gasteiger partial charge in [0.2, 0.25) is 0 Å². The summed E-state index contributed by atoms with van der Waals surface area (Å²) < 4.78 is 0. The third kappa shape index (κ3) is 1.81. The van der Waals surface area contributed by atoms with Crippen LogP contribution in [0.25, 0.3) is 0 Å². The summed E-state index contributed by atoms with van der Waals surface area (Å²) in [6.07, 6.45) is 5.52. The SMILES string of the molecule is CC1(C)c2cc(O)ccc2[C@H]2[C@H]1CCCN2CC1CC1. The lowest BCUT2D eigenvalue weighted by molar-refractivity contribution is 0.0690. The van der Waals surface area contributed by atoms with E-state index in [0.717, 1.165) is 5.92 Å². The van der Waals surface area contributed by atoms with Crippen molar-refractivity contribution in [3.8, 4) is 5.75 Å². The summed E-state index contributed by atoms with van der Waals surface area (Å²) in [5.41, 5.74) is 3.06. The molecule has 0 amide bonds. The Balaban J connectivity index is 1.76. The van der Waals surface area contributed by atoms with Crippen LogP contribution in [0.15, 0.2) is 18.2 Å². The van der Waals surface area contributed by atoms with Crippen LogP contribution in [0.2, 0.25) is 0 Å². The van der Waals surface area contributed by atoms with Crippen molar-refractivity contribution in [2.45, 2.75) is 51.0 Å². The number of hydrogen-bond donors (Lipinski definition) is 1. The van der Waals surface area contributed by atoms with Crippen molar-refractivity contribution in [3.05, 3.63) is 29.3 Å². The van der Waals surface area contributed by atoms with Crippen LogP contribution >= 0.6 is 0 Å². The highest BCUT2D eigenvalue weighted by atomic mass is 16.3. The molecule has 1 N–H and O–H groups in total. The van der Waals surface area contributed by atoms with Gasteiger partial charge in [-0.15, -0.1) is 0 Å². The Morgan fingerprint density at radius 3 is 2.80 bits per heavy atom. The number of rotatable bonds is 2. The number of piperidine rings is 1.